The molecule has 0 saturated heterocycles. The Morgan fingerprint density at radius 2 is 2.00 bits per heavy atom. The molecule has 0 heterocycles. The first-order valence-corrected chi connectivity index (χ1v) is 3.88. The maximum Gasteiger partial charge on any atom is 0.347 e. The van der Waals surface area contributed by atoms with Crippen LogP contribution in [-0.4, -0.2) is 16.2 Å². The largest absolute Gasteiger partial charge is 0.504 e. The van der Waals surface area contributed by atoms with Crippen molar-refractivity contribution in [2.45, 2.75) is 0 Å². The van der Waals surface area contributed by atoms with E-state index < -0.39 is 5.97 Å². The molecule has 5 heteroatoms. The van der Waals surface area contributed by atoms with Gasteiger partial charge in [0.1, 0.15) is 0 Å². The van der Waals surface area contributed by atoms with Crippen LogP contribution >= 0.6 is 23.0 Å². The summed E-state index contributed by atoms with van der Waals surface area (Å²) < 4.78 is 4.37. The highest BCUT2D eigenvalue weighted by atomic mass is 127. The molecule has 0 atom stereocenters. The number of hydrogen-bond acceptors (Lipinski definition) is 4. The van der Waals surface area contributed by atoms with Gasteiger partial charge < -0.3 is 13.3 Å². The Morgan fingerprint density at radius 1 is 1.33 bits per heavy atom. The molecule has 12 heavy (non-hydrogen) atoms. The van der Waals surface area contributed by atoms with E-state index in [9.17, 15) is 4.79 Å². The summed E-state index contributed by atoms with van der Waals surface area (Å²) >= 11 is 1.44. The maximum absolute atomic E-state index is 10.9. The van der Waals surface area contributed by atoms with Crippen LogP contribution in [-0.2, 0) is 3.07 Å². The summed E-state index contributed by atoms with van der Waals surface area (Å²) in [6.45, 7) is 0. The fourth-order valence-electron chi connectivity index (χ4n) is 0.695. The summed E-state index contributed by atoms with van der Waals surface area (Å²) in [4.78, 5) is 10.9. The van der Waals surface area contributed by atoms with Crippen molar-refractivity contribution in [3.63, 3.8) is 0 Å². The molecular formula is C7H5IO4. The van der Waals surface area contributed by atoms with Gasteiger partial charge in [-0.2, -0.15) is 0 Å². The molecule has 0 aliphatic heterocycles. The average Bonchev–Trinajstić information content (AvgIpc) is 2.08. The van der Waals surface area contributed by atoms with Crippen molar-refractivity contribution in [3.05, 3.63) is 23.8 Å². The van der Waals surface area contributed by atoms with Crippen LogP contribution in [0.4, 0.5) is 0 Å². The second kappa shape index (κ2) is 3.61. The topological polar surface area (TPSA) is 66.8 Å². The maximum atomic E-state index is 10.9. The SMILES string of the molecule is O=C(OI)c1ccc(O)c(O)c1. The van der Waals surface area contributed by atoms with Crippen LogP contribution in [0.15, 0.2) is 18.2 Å². The summed E-state index contributed by atoms with van der Waals surface area (Å²) in [5.74, 6) is -1.17. The van der Waals surface area contributed by atoms with E-state index in [0.717, 1.165) is 6.07 Å². The summed E-state index contributed by atoms with van der Waals surface area (Å²) in [6.07, 6.45) is 0. The number of aromatic hydroxyl groups is 2. The van der Waals surface area contributed by atoms with E-state index in [-0.39, 0.29) is 17.1 Å². The molecule has 1 aromatic carbocycles. The molecule has 0 amide bonds. The number of carbonyl (C=O) groups excluding carboxylic acids is 1. The van der Waals surface area contributed by atoms with Gasteiger partial charge in [-0.25, -0.2) is 4.79 Å². The van der Waals surface area contributed by atoms with E-state index in [2.05, 4.69) is 3.07 Å². The molecule has 0 bridgehead atoms. The summed E-state index contributed by atoms with van der Waals surface area (Å²) in [5.41, 5.74) is 0.194. The van der Waals surface area contributed by atoms with Crippen LogP contribution in [0.5, 0.6) is 11.5 Å². The average molecular weight is 280 g/mol. The number of rotatable bonds is 1. The second-order valence-electron chi connectivity index (χ2n) is 2.07. The van der Waals surface area contributed by atoms with Gasteiger partial charge in [-0.1, -0.05) is 0 Å². The second-order valence-corrected chi connectivity index (χ2v) is 2.51. The highest BCUT2D eigenvalue weighted by molar-refractivity contribution is 14.1. The van der Waals surface area contributed by atoms with Gasteiger partial charge in [0.15, 0.2) is 34.5 Å². The van der Waals surface area contributed by atoms with E-state index in [1.54, 1.807) is 0 Å². The number of phenols is 2. The smallest absolute Gasteiger partial charge is 0.347 e. The van der Waals surface area contributed by atoms with Crippen molar-refractivity contribution in [2.24, 2.45) is 0 Å². The Hall–Kier alpha value is -0.980. The minimum absolute atomic E-state index is 0.194. The first kappa shape index (κ1) is 9.11. The minimum Gasteiger partial charge on any atom is -0.504 e. The number of benzene rings is 1. The van der Waals surface area contributed by atoms with Crippen LogP contribution in [0.25, 0.3) is 0 Å². The van der Waals surface area contributed by atoms with Gasteiger partial charge in [-0.3, -0.25) is 0 Å². The fraction of sp³-hybridized carbons (Fsp3) is 0. The third kappa shape index (κ3) is 1.79. The molecule has 2 N–H and O–H groups in total. The summed E-state index contributed by atoms with van der Waals surface area (Å²) in [5, 5.41) is 17.9. The molecule has 0 spiro atoms. The van der Waals surface area contributed by atoms with Crippen molar-refractivity contribution in [1.82, 2.24) is 0 Å². The summed E-state index contributed by atoms with van der Waals surface area (Å²) in [7, 11) is 0. The lowest BCUT2D eigenvalue weighted by atomic mass is 10.2. The van der Waals surface area contributed by atoms with E-state index in [1.165, 1.54) is 35.1 Å². The number of phenolic OH excluding ortho intramolecular Hbond substituents is 2. The molecule has 0 radical (unpaired) electrons. The fourth-order valence-corrected chi connectivity index (χ4v) is 0.949. The normalized spacial score (nSPS) is 9.42. The number of halogens is 1. The number of hydrogen-bond donors (Lipinski definition) is 2. The molecule has 0 fully saturated rings. The highest BCUT2D eigenvalue weighted by Crippen LogP contribution is 2.25. The zero-order valence-corrected chi connectivity index (χ0v) is 7.98. The van der Waals surface area contributed by atoms with Crippen molar-refractivity contribution in [2.75, 3.05) is 0 Å². The quantitative estimate of drug-likeness (QED) is 0.605. The molecule has 1 rings (SSSR count). The van der Waals surface area contributed by atoms with Crippen LogP contribution in [0, 0.1) is 0 Å². The third-order valence-electron chi connectivity index (χ3n) is 1.28. The zero-order valence-electron chi connectivity index (χ0n) is 5.82. The van der Waals surface area contributed by atoms with Crippen molar-refractivity contribution >= 4 is 29.0 Å². The molecule has 0 aliphatic carbocycles. The van der Waals surface area contributed by atoms with E-state index >= 15 is 0 Å². The van der Waals surface area contributed by atoms with E-state index in [1.807, 2.05) is 0 Å². The zero-order chi connectivity index (χ0) is 9.14. The van der Waals surface area contributed by atoms with Crippen LogP contribution in [0.3, 0.4) is 0 Å². The van der Waals surface area contributed by atoms with Crippen LogP contribution < -0.4 is 0 Å². The molecule has 1 aromatic rings. The molecule has 0 unspecified atom stereocenters. The Morgan fingerprint density at radius 3 is 2.50 bits per heavy atom. The predicted octanol–water partition coefficient (Wildman–Crippen LogP) is 1.60. The van der Waals surface area contributed by atoms with Crippen LogP contribution in [0.1, 0.15) is 10.4 Å². The summed E-state index contributed by atoms with van der Waals surface area (Å²) in [6, 6.07) is 3.71. The van der Waals surface area contributed by atoms with Crippen LogP contribution in [0.2, 0.25) is 0 Å². The Labute approximate surface area is 82.5 Å². The van der Waals surface area contributed by atoms with Crippen molar-refractivity contribution < 1.29 is 18.1 Å². The molecule has 0 saturated carbocycles. The highest BCUT2D eigenvalue weighted by Gasteiger charge is 2.08. The number of carbonyl (C=O) groups is 1. The van der Waals surface area contributed by atoms with Gasteiger partial charge in [0.2, 0.25) is 0 Å². The van der Waals surface area contributed by atoms with Gasteiger partial charge in [-0.05, 0) is 18.2 Å². The molecule has 64 valence electrons. The Kier molecular flexibility index (Phi) is 2.74. The molecule has 0 aliphatic rings. The lowest BCUT2D eigenvalue weighted by Gasteiger charge is -1.99. The van der Waals surface area contributed by atoms with Gasteiger partial charge in [0, 0.05) is 0 Å². The first-order valence-electron chi connectivity index (χ1n) is 3.00. The van der Waals surface area contributed by atoms with E-state index in [4.69, 9.17) is 10.2 Å². The van der Waals surface area contributed by atoms with Crippen molar-refractivity contribution in [3.8, 4) is 11.5 Å². The van der Waals surface area contributed by atoms with Gasteiger partial charge in [0.25, 0.3) is 0 Å². The van der Waals surface area contributed by atoms with Crippen molar-refractivity contribution in [1.29, 1.82) is 0 Å². The van der Waals surface area contributed by atoms with Gasteiger partial charge in [0.05, 0.1) is 5.56 Å². The lowest BCUT2D eigenvalue weighted by Crippen LogP contribution is -1.96. The lowest BCUT2D eigenvalue weighted by molar-refractivity contribution is 0.0800. The minimum atomic E-state index is -0.564. The first-order chi connectivity index (χ1) is 5.65. The van der Waals surface area contributed by atoms with E-state index in [0.29, 0.717) is 0 Å². The monoisotopic (exact) mass is 280 g/mol. The molecule has 0 aromatic heterocycles. The third-order valence-corrected chi connectivity index (χ3v) is 1.68. The Bertz CT molecular complexity index is 310. The Balaban J connectivity index is 3.05. The molecular weight excluding hydrogens is 275 g/mol. The van der Waals surface area contributed by atoms with Gasteiger partial charge >= 0.3 is 5.97 Å². The molecule has 4 nitrogen and oxygen atoms in total. The predicted molar refractivity (Wildman–Crippen MR) is 49.2 cm³/mol. The van der Waals surface area contributed by atoms with Gasteiger partial charge in [-0.15, -0.1) is 0 Å². The standard InChI is InChI=1S/C7H5IO4/c8-12-7(11)4-1-2-5(9)6(10)3-4/h1-3,9-10H.